The number of aliphatic carboxylic acids is 1. The molecule has 0 saturated carbocycles. The summed E-state index contributed by atoms with van der Waals surface area (Å²) in [4.78, 5) is 143. The van der Waals surface area contributed by atoms with Crippen LogP contribution in [0.1, 0.15) is 65.2 Å². The van der Waals surface area contributed by atoms with Crippen molar-refractivity contribution >= 4 is 83.6 Å². The van der Waals surface area contributed by atoms with Gasteiger partial charge in [0.05, 0.1) is 32.2 Å². The van der Waals surface area contributed by atoms with Crippen LogP contribution in [0.15, 0.2) is 4.99 Å². The first-order chi connectivity index (χ1) is 30.1. The van der Waals surface area contributed by atoms with Crippen molar-refractivity contribution in [2.24, 2.45) is 39.6 Å². The van der Waals surface area contributed by atoms with Gasteiger partial charge in [0.25, 0.3) is 0 Å². The zero-order chi connectivity index (χ0) is 48.7. The number of aliphatic imine (C=N–C) groups is 1. The van der Waals surface area contributed by atoms with Gasteiger partial charge in [-0.15, -0.1) is 0 Å². The number of nitrogens with two attached hydrogens (primary N) is 5. The number of carbonyl (C=O) groups excluding carboxylic acids is 10. The summed E-state index contributed by atoms with van der Waals surface area (Å²) >= 11 is 4.12. The highest BCUT2D eigenvalue weighted by Crippen LogP contribution is 2.18. The number of nitrogens with one attached hydrogen (secondary N) is 7. The van der Waals surface area contributed by atoms with Crippen LogP contribution in [-0.2, 0) is 52.7 Å². The second kappa shape index (κ2) is 28.4. The van der Waals surface area contributed by atoms with Crippen LogP contribution in [0.2, 0.25) is 0 Å². The highest BCUT2D eigenvalue weighted by Gasteiger charge is 2.37. The third-order valence-corrected chi connectivity index (χ3v) is 10.2. The van der Waals surface area contributed by atoms with Crippen LogP contribution in [0.5, 0.6) is 0 Å². The number of hydrogen-bond acceptors (Lipinski definition) is 15. The van der Waals surface area contributed by atoms with E-state index in [1.54, 1.807) is 13.8 Å². The normalized spacial score (nSPS) is 16.5. The van der Waals surface area contributed by atoms with Crippen LogP contribution in [-0.4, -0.2) is 167 Å². The van der Waals surface area contributed by atoms with Gasteiger partial charge in [-0.1, -0.05) is 20.3 Å². The lowest BCUT2D eigenvalue weighted by atomic mass is 9.97. The monoisotopic (exact) mass is 930 g/mol. The number of guanidine groups is 1. The Morgan fingerprint density at radius 3 is 1.97 bits per heavy atom. The summed E-state index contributed by atoms with van der Waals surface area (Å²) in [6.45, 7) is 1.25. The molecule has 1 rings (SSSR count). The molecule has 1 saturated heterocycles. The summed E-state index contributed by atoms with van der Waals surface area (Å²) in [5.74, 6) is -11.2. The molecule has 0 aliphatic carbocycles. The molecule has 0 unspecified atom stereocenters. The molecule has 1 aliphatic rings. The molecule has 8 atom stereocenters. The summed E-state index contributed by atoms with van der Waals surface area (Å²) in [6, 6.07) is -9.48. The van der Waals surface area contributed by atoms with Crippen molar-refractivity contribution in [2.75, 3.05) is 38.5 Å². The van der Waals surface area contributed by atoms with Crippen LogP contribution in [0.4, 0.5) is 0 Å². The predicted molar refractivity (Wildman–Crippen MR) is 229 cm³/mol. The van der Waals surface area contributed by atoms with Crippen molar-refractivity contribution in [3.8, 4) is 0 Å². The van der Waals surface area contributed by atoms with Gasteiger partial charge in [0.2, 0.25) is 59.1 Å². The fourth-order valence-corrected chi connectivity index (χ4v) is 6.28. The molecular formula is C36H62N14O13S. The zero-order valence-corrected chi connectivity index (χ0v) is 36.5. The molecule has 1 fully saturated rings. The molecule has 28 heteroatoms. The van der Waals surface area contributed by atoms with Crippen molar-refractivity contribution in [3.63, 3.8) is 0 Å². The fourth-order valence-electron chi connectivity index (χ4n) is 6.02. The smallest absolute Gasteiger partial charge is 0.305 e. The largest absolute Gasteiger partial charge is 0.481 e. The van der Waals surface area contributed by atoms with Crippen LogP contribution in [0, 0.1) is 5.92 Å². The second-order valence-electron chi connectivity index (χ2n) is 14.8. The number of aliphatic hydroxyl groups excluding tert-OH is 1. The van der Waals surface area contributed by atoms with Gasteiger partial charge in [0.1, 0.15) is 36.3 Å². The van der Waals surface area contributed by atoms with E-state index in [1.165, 1.54) is 0 Å². The van der Waals surface area contributed by atoms with Crippen molar-refractivity contribution < 1.29 is 63.0 Å². The van der Waals surface area contributed by atoms with E-state index in [1.807, 2.05) is 0 Å². The molecular weight excluding hydrogens is 869 g/mol. The zero-order valence-electron chi connectivity index (χ0n) is 35.6. The lowest BCUT2D eigenvalue weighted by Crippen LogP contribution is -2.61. The van der Waals surface area contributed by atoms with Gasteiger partial charge in [-0.3, -0.25) is 57.7 Å². The number of thiol groups is 1. The van der Waals surface area contributed by atoms with E-state index >= 15 is 0 Å². The minimum atomic E-state index is -1.68. The van der Waals surface area contributed by atoms with Crippen molar-refractivity contribution in [1.82, 2.24) is 42.1 Å². The third kappa shape index (κ3) is 19.8. The van der Waals surface area contributed by atoms with Gasteiger partial charge in [-0.25, -0.2) is 0 Å². The van der Waals surface area contributed by atoms with Crippen molar-refractivity contribution in [1.29, 1.82) is 0 Å². The molecule has 0 bridgehead atoms. The number of amides is 10. The first-order valence-electron chi connectivity index (χ1n) is 20.2. The van der Waals surface area contributed by atoms with Gasteiger partial charge in [-0.2, -0.15) is 12.6 Å². The van der Waals surface area contributed by atoms with Crippen LogP contribution in [0.3, 0.4) is 0 Å². The molecule has 19 N–H and O–H groups in total. The molecule has 0 aromatic heterocycles. The second-order valence-corrected chi connectivity index (χ2v) is 15.1. The van der Waals surface area contributed by atoms with E-state index < -0.39 is 139 Å². The minimum absolute atomic E-state index is 0.0341. The van der Waals surface area contributed by atoms with Gasteiger partial charge >= 0.3 is 5.97 Å². The summed E-state index contributed by atoms with van der Waals surface area (Å²) in [5.41, 5.74) is 26.8. The van der Waals surface area contributed by atoms with Gasteiger partial charge in [0, 0.05) is 25.3 Å². The maximum Gasteiger partial charge on any atom is 0.305 e. The molecule has 0 spiro atoms. The van der Waals surface area contributed by atoms with Gasteiger partial charge < -0.3 is 81.0 Å². The van der Waals surface area contributed by atoms with E-state index in [-0.39, 0.29) is 50.5 Å². The molecule has 1 heterocycles. The van der Waals surface area contributed by atoms with Gasteiger partial charge in [0.15, 0.2) is 5.96 Å². The first kappa shape index (κ1) is 55.7. The van der Waals surface area contributed by atoms with E-state index in [0.29, 0.717) is 19.3 Å². The molecule has 27 nitrogen and oxygen atoms in total. The van der Waals surface area contributed by atoms with E-state index in [2.05, 4.69) is 54.8 Å². The average molecular weight is 931 g/mol. The van der Waals surface area contributed by atoms with Crippen molar-refractivity contribution in [3.05, 3.63) is 0 Å². The highest BCUT2D eigenvalue weighted by molar-refractivity contribution is 7.80. The lowest BCUT2D eigenvalue weighted by molar-refractivity contribution is -0.142. The maximum atomic E-state index is 13.4. The van der Waals surface area contributed by atoms with E-state index in [4.69, 9.17) is 28.7 Å². The Balaban J connectivity index is 2.89. The number of primary amides is 2. The molecule has 360 valence electrons. The molecule has 0 aromatic carbocycles. The van der Waals surface area contributed by atoms with Crippen LogP contribution in [0.25, 0.3) is 0 Å². The SMILES string of the molecule is CC[C@H](C)[C@H](NC(=O)[C@H](CS)NC(=O)[C@H](CO)NC(=O)[C@@H]1CCCN1C(=O)CNC(=O)[C@H](CC(=O)O)NC(=O)CNC(=O)[C@@H](N)CCCN=C(N)N)C(=O)N[C@@H](CCC(N)=O)C(N)=O. The first-order valence-corrected chi connectivity index (χ1v) is 20.9. The lowest BCUT2D eigenvalue weighted by Gasteiger charge is -2.28. The Morgan fingerprint density at radius 1 is 0.781 bits per heavy atom. The fraction of sp³-hybridized carbons (Fsp3) is 0.667. The number of rotatable bonds is 29. The number of carboxylic acid groups (broad SMARTS) is 1. The minimum Gasteiger partial charge on any atom is -0.481 e. The molecule has 64 heavy (non-hydrogen) atoms. The van der Waals surface area contributed by atoms with Gasteiger partial charge in [-0.05, 0) is 38.0 Å². The number of likely N-dealkylation sites (tertiary alicyclic amines) is 1. The number of nitrogens with zero attached hydrogens (tertiary/aromatic N) is 2. The Labute approximate surface area is 373 Å². The summed E-state index contributed by atoms with van der Waals surface area (Å²) in [5, 5.41) is 35.6. The standard InChI is InChI=1S/C36H62N14O13S/c1-3-17(2)28(35(63)46-19(29(39)57)8-9-24(38)52)49-33(61)22(16-64)48-32(60)21(15-51)47-34(62)23-7-5-11-50(23)26(54)14-44-31(59)20(12-27(55)56)45-25(53)13-43-30(58)18(37)6-4-10-42-36(40)41/h17-23,28,51,64H,3-16,37H2,1-2H3,(H2,38,52)(H2,39,57)(H,43,58)(H,44,59)(H,45,53)(H,46,63)(H,47,62)(H,48,60)(H,49,61)(H,55,56)(H4,40,41,42)/t17-,18-,19-,20-,21-,22-,23-,28-/m0/s1. The number of carboxylic acids is 1. The Kier molecular flexibility index (Phi) is 24.7. The third-order valence-electron chi connectivity index (χ3n) is 9.81. The number of carbonyl (C=O) groups is 11. The topological polar surface area (TPSA) is 458 Å². The van der Waals surface area contributed by atoms with Crippen LogP contribution >= 0.6 is 12.6 Å². The Bertz CT molecular complexity index is 1730. The molecule has 0 aromatic rings. The maximum absolute atomic E-state index is 13.4. The molecule has 1 aliphatic heterocycles. The molecule has 10 amide bonds. The highest BCUT2D eigenvalue weighted by atomic mass is 32.1. The predicted octanol–water partition coefficient (Wildman–Crippen LogP) is -7.79. The van der Waals surface area contributed by atoms with Crippen molar-refractivity contribution in [2.45, 2.75) is 108 Å². The van der Waals surface area contributed by atoms with Crippen LogP contribution < -0.4 is 65.9 Å². The number of hydrogen-bond donors (Lipinski definition) is 15. The Hall–Kier alpha value is -6.29. The summed E-state index contributed by atoms with van der Waals surface area (Å²) < 4.78 is 0. The summed E-state index contributed by atoms with van der Waals surface area (Å²) in [6.07, 6.45) is -0.0162. The van der Waals surface area contributed by atoms with E-state index in [0.717, 1.165) is 4.90 Å². The average Bonchev–Trinajstić information content (AvgIpc) is 3.74. The summed E-state index contributed by atoms with van der Waals surface area (Å²) in [7, 11) is 0. The number of aliphatic hydroxyl groups is 1. The quantitative estimate of drug-likeness (QED) is 0.0143. The molecule has 0 radical (unpaired) electrons. The Morgan fingerprint density at radius 2 is 1.41 bits per heavy atom. The van der Waals surface area contributed by atoms with E-state index in [9.17, 15) is 63.0 Å².